The second-order valence-electron chi connectivity index (χ2n) is 4.10. The first-order valence-corrected chi connectivity index (χ1v) is 5.18. The van der Waals surface area contributed by atoms with Crippen molar-refractivity contribution >= 4 is 0 Å². The molecule has 0 aliphatic heterocycles. The number of hydrogen-bond donors (Lipinski definition) is 0. The lowest BCUT2D eigenvalue weighted by Crippen LogP contribution is -2.68. The van der Waals surface area contributed by atoms with Gasteiger partial charge in [-0.2, -0.15) is 43.9 Å². The Morgan fingerprint density at radius 2 is 1.05 bits per heavy atom. The van der Waals surface area contributed by atoms with Crippen LogP contribution in [0.1, 0.15) is 19.8 Å². The molecule has 0 nitrogen and oxygen atoms in total. The van der Waals surface area contributed by atoms with Crippen molar-refractivity contribution in [2.24, 2.45) is 0 Å². The Morgan fingerprint density at radius 3 is 1.33 bits per heavy atom. The molecule has 0 aromatic heterocycles. The fourth-order valence-corrected chi connectivity index (χ4v) is 1.24. The Balaban J connectivity index is 5.96. The molecule has 0 aromatic carbocycles. The molecule has 0 N–H and O–H groups in total. The van der Waals surface area contributed by atoms with Crippen LogP contribution < -0.4 is 0 Å². The maximum Gasteiger partial charge on any atom is 0.384 e. The summed E-state index contributed by atoms with van der Waals surface area (Å²) in [5.41, 5.74) is 0. The molecule has 0 aromatic rings. The molecule has 0 spiro atoms. The summed E-state index contributed by atoms with van der Waals surface area (Å²) in [6, 6.07) is 0. The molecular formula is C9H8F12. The Bertz CT molecular complexity index is 358. The van der Waals surface area contributed by atoms with Gasteiger partial charge in [0.2, 0.25) is 0 Å². The van der Waals surface area contributed by atoms with E-state index in [2.05, 4.69) is 0 Å². The van der Waals surface area contributed by atoms with Gasteiger partial charge in [-0.05, 0) is 0 Å². The van der Waals surface area contributed by atoms with Gasteiger partial charge in [0, 0.05) is 6.42 Å². The predicted octanol–water partition coefficient (Wildman–Crippen LogP) is 5.23. The molecule has 0 atom stereocenters. The quantitative estimate of drug-likeness (QED) is 0.555. The average Bonchev–Trinajstić information content (AvgIpc) is 2.27. The number of rotatable bonds is 7. The highest BCUT2D eigenvalue weighted by Crippen LogP contribution is 2.58. The van der Waals surface area contributed by atoms with Crippen molar-refractivity contribution in [1.82, 2.24) is 0 Å². The molecule has 0 amide bonds. The molecule has 0 aliphatic rings. The van der Waals surface area contributed by atoms with E-state index in [1.54, 1.807) is 0 Å². The zero-order valence-electron chi connectivity index (χ0n) is 10.0. The largest absolute Gasteiger partial charge is 0.384 e. The third-order valence-electron chi connectivity index (χ3n) is 2.50. The molecular weight excluding hydrogens is 336 g/mol. The van der Waals surface area contributed by atoms with Crippen LogP contribution in [0.2, 0.25) is 0 Å². The topological polar surface area (TPSA) is 0 Å². The molecule has 12 heteroatoms. The summed E-state index contributed by atoms with van der Waals surface area (Å²) < 4.78 is 151. The van der Waals surface area contributed by atoms with Gasteiger partial charge < -0.3 is 0 Å². The first-order chi connectivity index (χ1) is 9.00. The maximum atomic E-state index is 12.9. The second kappa shape index (κ2) is 5.41. The van der Waals surface area contributed by atoms with Crippen molar-refractivity contribution in [2.75, 3.05) is 0 Å². The number of halogens is 12. The minimum atomic E-state index is -7.40. The van der Waals surface area contributed by atoms with E-state index >= 15 is 0 Å². The summed E-state index contributed by atoms with van der Waals surface area (Å²) >= 11 is 0. The number of hydrogen-bond acceptors (Lipinski definition) is 0. The molecule has 0 radical (unpaired) electrons. The normalized spacial score (nSPS) is 15.7. The summed E-state index contributed by atoms with van der Waals surface area (Å²) in [6.07, 6.45) is -8.38. The molecule has 0 saturated heterocycles. The van der Waals surface area contributed by atoms with Crippen molar-refractivity contribution in [2.45, 2.75) is 55.8 Å². The van der Waals surface area contributed by atoms with E-state index in [0.717, 1.165) is 6.92 Å². The third kappa shape index (κ3) is 2.77. The van der Waals surface area contributed by atoms with Crippen LogP contribution in [0.25, 0.3) is 0 Å². The summed E-state index contributed by atoms with van der Waals surface area (Å²) in [4.78, 5) is 0. The lowest BCUT2D eigenvalue weighted by Gasteiger charge is -2.39. The van der Waals surface area contributed by atoms with Crippen LogP contribution in [-0.2, 0) is 0 Å². The van der Waals surface area contributed by atoms with Gasteiger partial charge in [0.25, 0.3) is 0 Å². The molecule has 0 heterocycles. The highest BCUT2D eigenvalue weighted by atomic mass is 19.4. The second-order valence-corrected chi connectivity index (χ2v) is 4.10. The third-order valence-corrected chi connectivity index (χ3v) is 2.50. The summed E-state index contributed by atoms with van der Waals surface area (Å²) in [6.45, 7) is 0.800. The van der Waals surface area contributed by atoms with Gasteiger partial charge in [0.15, 0.2) is 0 Å². The fraction of sp³-hybridized carbons (Fsp3) is 1.00. The monoisotopic (exact) mass is 344 g/mol. The van der Waals surface area contributed by atoms with E-state index in [1.165, 1.54) is 0 Å². The minimum absolute atomic E-state index is 0.800. The molecule has 21 heavy (non-hydrogen) atoms. The minimum Gasteiger partial charge on any atom is -0.203 e. The Kier molecular flexibility index (Phi) is 5.20. The molecule has 0 rings (SSSR count). The van der Waals surface area contributed by atoms with Gasteiger partial charge in [0.05, 0.1) is 0 Å². The summed E-state index contributed by atoms with van der Waals surface area (Å²) in [5, 5.41) is 0. The van der Waals surface area contributed by atoms with Gasteiger partial charge in [-0.1, -0.05) is 13.3 Å². The van der Waals surface area contributed by atoms with E-state index in [4.69, 9.17) is 0 Å². The number of alkyl halides is 12. The Hall–Kier alpha value is -0.840. The molecule has 0 unspecified atom stereocenters. The van der Waals surface area contributed by atoms with Crippen molar-refractivity contribution in [3.8, 4) is 0 Å². The van der Waals surface area contributed by atoms with E-state index in [9.17, 15) is 52.7 Å². The van der Waals surface area contributed by atoms with Crippen LogP contribution in [-0.4, -0.2) is 36.0 Å². The smallest absolute Gasteiger partial charge is 0.203 e. The van der Waals surface area contributed by atoms with E-state index in [1.807, 2.05) is 0 Å². The van der Waals surface area contributed by atoms with E-state index < -0.39 is 48.9 Å². The van der Waals surface area contributed by atoms with Crippen molar-refractivity contribution in [3.63, 3.8) is 0 Å². The lowest BCUT2D eigenvalue weighted by atomic mass is 9.92. The van der Waals surface area contributed by atoms with E-state index in [0.29, 0.717) is 0 Å². The highest BCUT2D eigenvalue weighted by Gasteiger charge is 2.87. The first-order valence-electron chi connectivity index (χ1n) is 5.18. The van der Waals surface area contributed by atoms with E-state index in [-0.39, 0.29) is 0 Å². The highest BCUT2D eigenvalue weighted by molar-refractivity contribution is 5.08. The van der Waals surface area contributed by atoms with Crippen LogP contribution in [0.5, 0.6) is 0 Å². The van der Waals surface area contributed by atoms with Gasteiger partial charge in [-0.25, -0.2) is 8.78 Å². The standard InChI is InChI=1S/C9H8F12/c1-2-3-5(12,13)7(16,17)9(20,21)8(18,19)6(14,15)4(10)11/h4H,2-3H2,1H3. The van der Waals surface area contributed by atoms with Gasteiger partial charge in [0.1, 0.15) is 0 Å². The summed E-state index contributed by atoms with van der Waals surface area (Å²) in [5.74, 6) is -34.5. The van der Waals surface area contributed by atoms with Crippen molar-refractivity contribution in [1.29, 1.82) is 0 Å². The molecule has 0 bridgehead atoms. The van der Waals surface area contributed by atoms with Crippen LogP contribution in [0.15, 0.2) is 0 Å². The van der Waals surface area contributed by atoms with Gasteiger partial charge in [-0.3, -0.25) is 0 Å². The zero-order chi connectivity index (χ0) is 17.5. The van der Waals surface area contributed by atoms with Gasteiger partial charge >= 0.3 is 36.0 Å². The Morgan fingerprint density at radius 1 is 0.667 bits per heavy atom. The van der Waals surface area contributed by atoms with Gasteiger partial charge in [-0.15, -0.1) is 0 Å². The molecule has 128 valence electrons. The van der Waals surface area contributed by atoms with Crippen LogP contribution >= 0.6 is 0 Å². The Labute approximate surface area is 110 Å². The predicted molar refractivity (Wildman–Crippen MR) is 45.6 cm³/mol. The molecule has 0 aliphatic carbocycles. The molecule has 0 saturated carbocycles. The van der Waals surface area contributed by atoms with Crippen molar-refractivity contribution in [3.05, 3.63) is 0 Å². The summed E-state index contributed by atoms with van der Waals surface area (Å²) in [7, 11) is 0. The van der Waals surface area contributed by atoms with Crippen LogP contribution in [0.3, 0.4) is 0 Å². The molecule has 0 fully saturated rings. The lowest BCUT2D eigenvalue weighted by molar-refractivity contribution is -0.413. The first kappa shape index (κ1) is 20.2. The SMILES string of the molecule is CCCC(F)(F)C(F)(F)C(F)(F)C(F)(F)C(F)(F)C(F)F. The fourth-order valence-electron chi connectivity index (χ4n) is 1.24. The maximum absolute atomic E-state index is 12.9. The average molecular weight is 344 g/mol. The van der Waals surface area contributed by atoms with Crippen LogP contribution in [0, 0.1) is 0 Å². The zero-order valence-corrected chi connectivity index (χ0v) is 10.0. The van der Waals surface area contributed by atoms with Crippen LogP contribution in [0.4, 0.5) is 52.7 Å². The van der Waals surface area contributed by atoms with Crippen molar-refractivity contribution < 1.29 is 52.7 Å².